The van der Waals surface area contributed by atoms with Crippen molar-refractivity contribution >= 4 is 18.3 Å². The number of aromatic nitrogens is 3. The average molecular weight is 428 g/mol. The molecule has 3 rings (SSSR count). The zero-order chi connectivity index (χ0) is 20.8. The lowest BCUT2D eigenvalue weighted by atomic mass is 10.0. The van der Waals surface area contributed by atoms with Crippen molar-refractivity contribution < 1.29 is 4.79 Å². The molecule has 0 saturated carbocycles. The maximum absolute atomic E-state index is 13.2. The normalized spacial score (nSPS) is 10.7. The first-order valence-electron chi connectivity index (χ1n) is 10.1. The van der Waals surface area contributed by atoms with E-state index in [0.717, 1.165) is 17.7 Å². The molecule has 0 bridgehead atoms. The monoisotopic (exact) mass is 427 g/mol. The Labute approximate surface area is 184 Å². The van der Waals surface area contributed by atoms with E-state index in [0.29, 0.717) is 31.4 Å². The third-order valence-electron chi connectivity index (χ3n) is 4.88. The topological polar surface area (TPSA) is 77.0 Å². The zero-order valence-corrected chi connectivity index (χ0v) is 18.6. The Morgan fingerprint density at radius 3 is 2.43 bits per heavy atom. The fourth-order valence-electron chi connectivity index (χ4n) is 3.36. The first-order valence-corrected chi connectivity index (χ1v) is 10.1. The highest BCUT2D eigenvalue weighted by Gasteiger charge is 2.22. The summed E-state index contributed by atoms with van der Waals surface area (Å²) in [6.07, 6.45) is 0.731. The summed E-state index contributed by atoms with van der Waals surface area (Å²) in [6.45, 7) is 7.77. The second kappa shape index (κ2) is 10.9. The molecule has 160 valence electrons. The average Bonchev–Trinajstić information content (AvgIpc) is 3.12. The molecule has 0 unspecified atom stereocenters. The number of amides is 1. The van der Waals surface area contributed by atoms with E-state index in [9.17, 15) is 4.79 Å². The van der Waals surface area contributed by atoms with Crippen LogP contribution in [0, 0.1) is 6.92 Å². The highest BCUT2D eigenvalue weighted by Crippen LogP contribution is 2.23. The van der Waals surface area contributed by atoms with E-state index in [2.05, 4.69) is 30.0 Å². The second-order valence-corrected chi connectivity index (χ2v) is 7.46. The summed E-state index contributed by atoms with van der Waals surface area (Å²) in [7, 11) is 0. The minimum absolute atomic E-state index is 0. The maximum atomic E-state index is 13.2. The fraction of sp³-hybridized carbons (Fsp3) is 0.348. The lowest BCUT2D eigenvalue weighted by Crippen LogP contribution is -2.33. The van der Waals surface area contributed by atoms with Gasteiger partial charge in [-0.2, -0.15) is 0 Å². The van der Waals surface area contributed by atoms with Crippen molar-refractivity contribution in [2.45, 2.75) is 39.7 Å². The summed E-state index contributed by atoms with van der Waals surface area (Å²) < 4.78 is 1.77. The molecule has 0 spiro atoms. The Balaban J connectivity index is 0.00000320. The summed E-state index contributed by atoms with van der Waals surface area (Å²) in [4.78, 5) is 19.5. The third kappa shape index (κ3) is 5.46. The third-order valence-corrected chi connectivity index (χ3v) is 4.88. The molecule has 6 nitrogen and oxygen atoms in total. The lowest BCUT2D eigenvalue weighted by Gasteiger charge is -2.21. The van der Waals surface area contributed by atoms with Crippen molar-refractivity contribution in [3.63, 3.8) is 0 Å². The highest BCUT2D eigenvalue weighted by molar-refractivity contribution is 5.90. The highest BCUT2D eigenvalue weighted by atomic mass is 35.5. The number of halogens is 1. The van der Waals surface area contributed by atoms with Gasteiger partial charge >= 0.3 is 0 Å². The number of hydrogen-bond donors (Lipinski definition) is 1. The van der Waals surface area contributed by atoms with Gasteiger partial charge in [-0.1, -0.05) is 62.4 Å². The molecule has 30 heavy (non-hydrogen) atoms. The molecule has 0 saturated heterocycles. The molecule has 3 aromatic rings. The van der Waals surface area contributed by atoms with Crippen molar-refractivity contribution in [2.75, 3.05) is 13.1 Å². The molecule has 0 aliphatic heterocycles. The van der Waals surface area contributed by atoms with Gasteiger partial charge in [0.15, 0.2) is 0 Å². The number of benzene rings is 2. The number of rotatable bonds is 8. The second-order valence-electron chi connectivity index (χ2n) is 7.46. The molecule has 1 heterocycles. The molecule has 0 aliphatic carbocycles. The van der Waals surface area contributed by atoms with E-state index < -0.39 is 0 Å². The number of hydrogen-bond acceptors (Lipinski definition) is 4. The van der Waals surface area contributed by atoms with Crippen molar-refractivity contribution in [3.05, 3.63) is 77.4 Å². The van der Waals surface area contributed by atoms with E-state index in [1.54, 1.807) is 9.58 Å². The number of carbonyl (C=O) groups excluding carboxylic acids is 1. The SMILES string of the molecule is Cc1nc(C(=O)N(CCCN)Cc2ccccc2)nn1-c1ccccc1C(C)C.Cl. The predicted molar refractivity (Wildman–Crippen MR) is 122 cm³/mol. The number of nitrogens with zero attached hydrogens (tertiary/aromatic N) is 4. The largest absolute Gasteiger partial charge is 0.331 e. The van der Waals surface area contributed by atoms with E-state index in [1.165, 1.54) is 5.56 Å². The fourth-order valence-corrected chi connectivity index (χ4v) is 3.36. The number of aryl methyl sites for hydroxylation is 1. The molecule has 2 aromatic carbocycles. The molecule has 1 amide bonds. The molecule has 7 heteroatoms. The van der Waals surface area contributed by atoms with Crippen LogP contribution >= 0.6 is 12.4 Å². The number of carbonyl (C=O) groups is 1. The van der Waals surface area contributed by atoms with Crippen molar-refractivity contribution in [2.24, 2.45) is 5.73 Å². The Morgan fingerprint density at radius 2 is 1.77 bits per heavy atom. The number of nitrogens with two attached hydrogens (primary N) is 1. The van der Waals surface area contributed by atoms with Crippen LogP contribution in [0.4, 0.5) is 0 Å². The first kappa shape index (κ1) is 23.6. The van der Waals surface area contributed by atoms with Gasteiger partial charge in [0.1, 0.15) is 5.82 Å². The van der Waals surface area contributed by atoms with Crippen LogP contribution < -0.4 is 5.73 Å². The minimum atomic E-state index is -0.175. The van der Waals surface area contributed by atoms with E-state index >= 15 is 0 Å². The van der Waals surface area contributed by atoms with Gasteiger partial charge in [-0.15, -0.1) is 17.5 Å². The first-order chi connectivity index (χ1) is 14.0. The molecule has 0 aliphatic rings. The van der Waals surface area contributed by atoms with Crippen molar-refractivity contribution in [1.82, 2.24) is 19.7 Å². The van der Waals surface area contributed by atoms with Gasteiger partial charge in [0.25, 0.3) is 5.91 Å². The van der Waals surface area contributed by atoms with Gasteiger partial charge in [0.2, 0.25) is 5.82 Å². The number of para-hydroxylation sites is 1. The Hall–Kier alpha value is -2.70. The Kier molecular flexibility index (Phi) is 8.57. The van der Waals surface area contributed by atoms with Crippen LogP contribution in [-0.4, -0.2) is 38.7 Å². The zero-order valence-electron chi connectivity index (χ0n) is 17.8. The van der Waals surface area contributed by atoms with Crippen LogP contribution in [0.2, 0.25) is 0 Å². The van der Waals surface area contributed by atoms with E-state index in [-0.39, 0.29) is 24.1 Å². The van der Waals surface area contributed by atoms with Crippen LogP contribution in [0.5, 0.6) is 0 Å². The van der Waals surface area contributed by atoms with Gasteiger partial charge in [-0.3, -0.25) is 4.79 Å². The summed E-state index contributed by atoms with van der Waals surface area (Å²) in [6, 6.07) is 18.0. The van der Waals surface area contributed by atoms with Gasteiger partial charge in [-0.05, 0) is 43.0 Å². The molecular weight excluding hydrogens is 398 g/mol. The Bertz CT molecular complexity index is 955. The van der Waals surface area contributed by atoms with Gasteiger partial charge in [0.05, 0.1) is 5.69 Å². The molecule has 1 aromatic heterocycles. The molecule has 0 radical (unpaired) electrons. The summed E-state index contributed by atoms with van der Waals surface area (Å²) in [5.41, 5.74) is 8.88. The minimum Gasteiger partial charge on any atom is -0.331 e. The smallest absolute Gasteiger partial charge is 0.293 e. The van der Waals surface area contributed by atoms with Crippen molar-refractivity contribution in [1.29, 1.82) is 0 Å². The van der Waals surface area contributed by atoms with Gasteiger partial charge in [-0.25, -0.2) is 9.67 Å². The van der Waals surface area contributed by atoms with Crippen molar-refractivity contribution in [3.8, 4) is 5.69 Å². The Morgan fingerprint density at radius 1 is 1.10 bits per heavy atom. The maximum Gasteiger partial charge on any atom is 0.293 e. The van der Waals surface area contributed by atoms with Gasteiger partial charge < -0.3 is 10.6 Å². The van der Waals surface area contributed by atoms with Gasteiger partial charge in [0, 0.05) is 13.1 Å². The van der Waals surface area contributed by atoms with Crippen LogP contribution in [0.3, 0.4) is 0 Å². The van der Waals surface area contributed by atoms with Crippen LogP contribution in [0.15, 0.2) is 54.6 Å². The van der Waals surface area contributed by atoms with Crippen LogP contribution in [0.1, 0.15) is 53.8 Å². The van der Waals surface area contributed by atoms with Crippen LogP contribution in [0.25, 0.3) is 5.69 Å². The molecular formula is C23H30ClN5O. The molecule has 2 N–H and O–H groups in total. The predicted octanol–water partition coefficient (Wildman–Crippen LogP) is 4.11. The molecule has 0 atom stereocenters. The van der Waals surface area contributed by atoms with Crippen LogP contribution in [-0.2, 0) is 6.54 Å². The lowest BCUT2D eigenvalue weighted by molar-refractivity contribution is 0.0730. The summed E-state index contributed by atoms with van der Waals surface area (Å²) in [5, 5.41) is 4.58. The standard InChI is InChI=1S/C23H29N5O.ClH/c1-17(2)20-12-7-8-13-21(20)28-18(3)25-22(26-28)23(29)27(15-9-14-24)16-19-10-5-4-6-11-19;/h4-8,10-13,17H,9,14-16,24H2,1-3H3;1H. The molecule has 0 fully saturated rings. The quantitative estimate of drug-likeness (QED) is 0.586. The van der Waals surface area contributed by atoms with E-state index in [1.807, 2.05) is 55.5 Å². The van der Waals surface area contributed by atoms with E-state index in [4.69, 9.17) is 5.73 Å². The summed E-state index contributed by atoms with van der Waals surface area (Å²) >= 11 is 0. The summed E-state index contributed by atoms with van der Waals surface area (Å²) in [5.74, 6) is 1.08.